The first-order valence-corrected chi connectivity index (χ1v) is 14.6. The highest BCUT2D eigenvalue weighted by Gasteiger charge is 2.35. The van der Waals surface area contributed by atoms with Gasteiger partial charge in [-0.2, -0.15) is 15.3 Å². The van der Waals surface area contributed by atoms with Gasteiger partial charge in [-0.1, -0.05) is 30.3 Å². The van der Waals surface area contributed by atoms with E-state index in [4.69, 9.17) is 21.6 Å². The fourth-order valence-electron chi connectivity index (χ4n) is 6.14. The maximum absolute atomic E-state index is 16.9. The number of aryl methyl sites for hydroxylation is 2. The molecule has 10 nitrogen and oxygen atoms in total. The van der Waals surface area contributed by atoms with E-state index in [1.54, 1.807) is 21.8 Å². The Kier molecular flexibility index (Phi) is 7.44. The standard InChI is InChI=1S/C31H33ClFN9O/c1-6-24(43)42-12-11-40(15-20(42)9-10-34)30-22-13-23(32)26(25-18(2)7-8-19-14-35-39(5)29(19)25)27(33)28(22)36-31(37-30)41-16-21(17-41)38(3)4/h6-8,13-14,20-21H,1,9,11-12,15-17H2,2-5H3. The van der Waals surface area contributed by atoms with Crippen LogP contribution in [-0.2, 0) is 11.8 Å². The van der Waals surface area contributed by atoms with Crippen molar-refractivity contribution in [1.82, 2.24) is 29.5 Å². The molecular weight excluding hydrogens is 569 g/mol. The predicted molar refractivity (Wildman–Crippen MR) is 167 cm³/mol. The average molecular weight is 602 g/mol. The van der Waals surface area contributed by atoms with Gasteiger partial charge in [-0.3, -0.25) is 9.48 Å². The number of hydrogen-bond donors (Lipinski definition) is 0. The van der Waals surface area contributed by atoms with Crippen LogP contribution in [0.4, 0.5) is 16.2 Å². The Hall–Kier alpha value is -4.27. The highest BCUT2D eigenvalue weighted by atomic mass is 35.5. The van der Waals surface area contributed by atoms with Gasteiger partial charge < -0.3 is 19.6 Å². The molecule has 222 valence electrons. The SMILES string of the molecule is C=CC(=O)N1CCN(c2nc(N3CC(N(C)C)C3)nc3c(F)c(-c4c(C)ccc5cnn(C)c45)c(Cl)cc23)CC1CC#N. The number of nitrogens with zero attached hydrogens (tertiary/aromatic N) is 9. The van der Waals surface area contributed by atoms with E-state index in [0.29, 0.717) is 61.5 Å². The number of amides is 1. The van der Waals surface area contributed by atoms with Gasteiger partial charge in [0.15, 0.2) is 5.82 Å². The van der Waals surface area contributed by atoms with E-state index in [1.807, 2.05) is 50.0 Å². The number of halogens is 2. The molecule has 12 heteroatoms. The second-order valence-corrected chi connectivity index (χ2v) is 11.9. The summed E-state index contributed by atoms with van der Waals surface area (Å²) in [4.78, 5) is 30.1. The zero-order valence-electron chi connectivity index (χ0n) is 24.7. The van der Waals surface area contributed by atoms with Gasteiger partial charge >= 0.3 is 0 Å². The summed E-state index contributed by atoms with van der Waals surface area (Å²) in [6.07, 6.45) is 3.17. The number of piperazine rings is 1. The normalized spacial score (nSPS) is 17.5. The number of likely N-dealkylation sites (N-methyl/N-ethyl adjacent to an activating group) is 1. The Balaban J connectivity index is 1.53. The van der Waals surface area contributed by atoms with Gasteiger partial charge in [-0.25, -0.2) is 9.37 Å². The quantitative estimate of drug-likeness (QED) is 0.304. The van der Waals surface area contributed by atoms with Crippen molar-refractivity contribution < 1.29 is 9.18 Å². The third kappa shape index (κ3) is 4.84. The number of fused-ring (bicyclic) bond motifs is 2. The zero-order valence-corrected chi connectivity index (χ0v) is 25.4. The maximum atomic E-state index is 16.9. The molecule has 2 saturated heterocycles. The summed E-state index contributed by atoms with van der Waals surface area (Å²) in [5.74, 6) is 0.222. The third-order valence-corrected chi connectivity index (χ3v) is 8.95. The minimum atomic E-state index is -0.525. The van der Waals surface area contributed by atoms with Crippen LogP contribution in [0.3, 0.4) is 0 Å². The maximum Gasteiger partial charge on any atom is 0.246 e. The Morgan fingerprint density at radius 3 is 2.67 bits per heavy atom. The third-order valence-electron chi connectivity index (χ3n) is 8.65. The van der Waals surface area contributed by atoms with E-state index in [1.165, 1.54) is 6.08 Å². The second kappa shape index (κ2) is 11.1. The number of nitriles is 1. The molecule has 1 amide bonds. The number of aromatic nitrogens is 4. The molecular formula is C31H33ClFN9O. The van der Waals surface area contributed by atoms with E-state index in [-0.39, 0.29) is 34.5 Å². The average Bonchev–Trinajstić information content (AvgIpc) is 3.33. The molecule has 0 bridgehead atoms. The van der Waals surface area contributed by atoms with Crippen molar-refractivity contribution in [3.63, 3.8) is 0 Å². The minimum absolute atomic E-state index is 0.149. The Labute approximate surface area is 254 Å². The molecule has 0 spiro atoms. The van der Waals surface area contributed by atoms with Crippen molar-refractivity contribution in [2.45, 2.75) is 25.4 Å². The highest BCUT2D eigenvalue weighted by molar-refractivity contribution is 6.35. The lowest BCUT2D eigenvalue weighted by atomic mass is 9.96. The molecule has 6 rings (SSSR count). The van der Waals surface area contributed by atoms with Crippen LogP contribution >= 0.6 is 11.6 Å². The Morgan fingerprint density at radius 2 is 1.98 bits per heavy atom. The molecule has 0 radical (unpaired) electrons. The summed E-state index contributed by atoms with van der Waals surface area (Å²) in [6.45, 7) is 8.15. The molecule has 0 N–H and O–H groups in total. The molecule has 1 unspecified atom stereocenters. The van der Waals surface area contributed by atoms with Gasteiger partial charge in [0, 0.05) is 67.7 Å². The van der Waals surface area contributed by atoms with E-state index in [0.717, 1.165) is 16.5 Å². The molecule has 2 aromatic heterocycles. The van der Waals surface area contributed by atoms with Crippen LogP contribution in [0.2, 0.25) is 5.02 Å². The second-order valence-electron chi connectivity index (χ2n) is 11.5. The lowest BCUT2D eigenvalue weighted by Gasteiger charge is -2.44. The monoisotopic (exact) mass is 601 g/mol. The van der Waals surface area contributed by atoms with Crippen LogP contribution in [0.1, 0.15) is 12.0 Å². The fraction of sp³-hybridized carbons (Fsp3) is 0.387. The van der Waals surface area contributed by atoms with Crippen LogP contribution in [0.25, 0.3) is 32.9 Å². The van der Waals surface area contributed by atoms with Gasteiger partial charge in [0.1, 0.15) is 11.3 Å². The Morgan fingerprint density at radius 1 is 1.21 bits per heavy atom. The number of anilines is 2. The molecule has 2 aromatic carbocycles. The summed E-state index contributed by atoms with van der Waals surface area (Å²) in [5, 5.41) is 15.5. The van der Waals surface area contributed by atoms with Gasteiger partial charge in [0.05, 0.1) is 35.3 Å². The zero-order chi connectivity index (χ0) is 30.6. The van der Waals surface area contributed by atoms with Crippen LogP contribution < -0.4 is 9.80 Å². The Bertz CT molecular complexity index is 1810. The van der Waals surface area contributed by atoms with Crippen LogP contribution in [-0.4, -0.2) is 94.4 Å². The molecule has 43 heavy (non-hydrogen) atoms. The summed E-state index contributed by atoms with van der Waals surface area (Å²) in [7, 11) is 5.89. The molecule has 2 aliphatic heterocycles. The van der Waals surface area contributed by atoms with Gasteiger partial charge in [0.2, 0.25) is 11.9 Å². The number of rotatable bonds is 6. The van der Waals surface area contributed by atoms with Crippen molar-refractivity contribution in [1.29, 1.82) is 5.26 Å². The van der Waals surface area contributed by atoms with Crippen LogP contribution in [0.5, 0.6) is 0 Å². The minimum Gasteiger partial charge on any atom is -0.352 e. The molecule has 1 atom stereocenters. The summed E-state index contributed by atoms with van der Waals surface area (Å²) in [5.41, 5.74) is 2.77. The molecule has 0 aliphatic carbocycles. The topological polar surface area (TPSA) is 97.4 Å². The largest absolute Gasteiger partial charge is 0.352 e. The van der Waals surface area contributed by atoms with Crippen molar-refractivity contribution >= 4 is 51.1 Å². The lowest BCUT2D eigenvalue weighted by Crippen LogP contribution is -2.58. The molecule has 4 aromatic rings. The summed E-state index contributed by atoms with van der Waals surface area (Å²) in [6, 6.07) is 7.81. The molecule has 0 saturated carbocycles. The van der Waals surface area contributed by atoms with E-state index < -0.39 is 5.82 Å². The first-order chi connectivity index (χ1) is 20.6. The molecule has 4 heterocycles. The smallest absolute Gasteiger partial charge is 0.246 e. The molecule has 2 fully saturated rings. The highest BCUT2D eigenvalue weighted by Crippen LogP contribution is 2.43. The van der Waals surface area contributed by atoms with Crippen molar-refractivity contribution in [2.75, 3.05) is 56.6 Å². The molecule has 2 aliphatic rings. The summed E-state index contributed by atoms with van der Waals surface area (Å²) < 4.78 is 18.7. The lowest BCUT2D eigenvalue weighted by molar-refractivity contribution is -0.128. The predicted octanol–water partition coefficient (Wildman–Crippen LogP) is 4.15. The number of benzene rings is 2. The van der Waals surface area contributed by atoms with E-state index in [2.05, 4.69) is 22.6 Å². The van der Waals surface area contributed by atoms with Crippen molar-refractivity contribution in [3.8, 4) is 17.2 Å². The number of hydrogen-bond acceptors (Lipinski definition) is 8. The van der Waals surface area contributed by atoms with Crippen molar-refractivity contribution in [2.24, 2.45) is 7.05 Å². The van der Waals surface area contributed by atoms with Crippen LogP contribution in [0, 0.1) is 24.1 Å². The van der Waals surface area contributed by atoms with E-state index >= 15 is 4.39 Å². The van der Waals surface area contributed by atoms with Gasteiger partial charge in [-0.15, -0.1) is 0 Å². The van der Waals surface area contributed by atoms with Gasteiger partial charge in [-0.05, 0) is 38.7 Å². The number of carbonyl (C=O) groups is 1. The summed E-state index contributed by atoms with van der Waals surface area (Å²) >= 11 is 6.94. The van der Waals surface area contributed by atoms with Crippen LogP contribution in [0.15, 0.2) is 37.1 Å². The first-order valence-electron chi connectivity index (χ1n) is 14.2. The number of carbonyl (C=O) groups excluding carboxylic acids is 1. The van der Waals surface area contributed by atoms with E-state index in [9.17, 15) is 10.1 Å². The van der Waals surface area contributed by atoms with Gasteiger partial charge in [0.25, 0.3) is 0 Å². The first kappa shape index (κ1) is 28.8. The van der Waals surface area contributed by atoms with Crippen molar-refractivity contribution in [3.05, 3.63) is 53.5 Å². The fourth-order valence-corrected chi connectivity index (χ4v) is 6.43.